The zero-order chi connectivity index (χ0) is 9.97. The molecule has 0 fully saturated rings. The molecule has 3 nitrogen and oxygen atoms in total. The fraction of sp³-hybridized carbons (Fsp3) is 0.182. The van der Waals surface area contributed by atoms with Crippen LogP contribution in [0.15, 0.2) is 36.7 Å². The molecular formula is C11H14N3+. The van der Waals surface area contributed by atoms with Gasteiger partial charge in [0.2, 0.25) is 0 Å². The fourth-order valence-corrected chi connectivity index (χ4v) is 1.59. The van der Waals surface area contributed by atoms with E-state index in [-0.39, 0.29) is 0 Å². The smallest absolute Gasteiger partial charge is 0.110 e. The summed E-state index contributed by atoms with van der Waals surface area (Å²) < 4.78 is 2.08. The van der Waals surface area contributed by atoms with E-state index >= 15 is 0 Å². The van der Waals surface area contributed by atoms with Crippen molar-refractivity contribution in [3.63, 3.8) is 0 Å². The number of hydrogen-bond acceptors (Lipinski definition) is 1. The van der Waals surface area contributed by atoms with Gasteiger partial charge in [-0.15, -0.1) is 0 Å². The lowest BCUT2D eigenvalue weighted by Gasteiger charge is -2.08. The molecule has 0 radical (unpaired) electrons. The second-order valence-corrected chi connectivity index (χ2v) is 3.22. The quantitative estimate of drug-likeness (QED) is 0.748. The summed E-state index contributed by atoms with van der Waals surface area (Å²) in [5.41, 5.74) is 6.34. The van der Waals surface area contributed by atoms with Gasteiger partial charge in [-0.2, -0.15) is 0 Å². The van der Waals surface area contributed by atoms with Crippen LogP contribution in [-0.2, 0) is 6.54 Å². The Morgan fingerprint density at radius 1 is 1.36 bits per heavy atom. The Kier molecular flexibility index (Phi) is 2.33. The van der Waals surface area contributed by atoms with Crippen LogP contribution in [0.4, 0.5) is 0 Å². The van der Waals surface area contributed by atoms with Crippen molar-refractivity contribution in [3.8, 4) is 5.69 Å². The van der Waals surface area contributed by atoms with Crippen LogP contribution in [0.1, 0.15) is 11.4 Å². The van der Waals surface area contributed by atoms with Crippen LogP contribution in [0.3, 0.4) is 0 Å². The number of quaternary nitrogens is 1. The summed E-state index contributed by atoms with van der Waals surface area (Å²) in [5.74, 6) is 1.01. The third-order valence-corrected chi connectivity index (χ3v) is 2.35. The molecule has 0 aliphatic rings. The van der Waals surface area contributed by atoms with Crippen LogP contribution >= 0.6 is 0 Å². The Hall–Kier alpha value is -1.61. The van der Waals surface area contributed by atoms with E-state index in [0.29, 0.717) is 0 Å². The number of rotatable bonds is 2. The minimum Gasteiger partial charge on any atom is -0.354 e. The Morgan fingerprint density at radius 3 is 2.79 bits per heavy atom. The van der Waals surface area contributed by atoms with Gasteiger partial charge in [0, 0.05) is 18.0 Å². The Labute approximate surface area is 83.2 Å². The molecule has 1 heterocycles. The molecular weight excluding hydrogens is 174 g/mol. The molecule has 14 heavy (non-hydrogen) atoms. The summed E-state index contributed by atoms with van der Waals surface area (Å²) in [4.78, 5) is 4.21. The van der Waals surface area contributed by atoms with Crippen LogP contribution in [0, 0.1) is 6.92 Å². The van der Waals surface area contributed by atoms with Gasteiger partial charge in [-0.3, -0.25) is 0 Å². The Bertz CT molecular complexity index is 432. The normalized spacial score (nSPS) is 10.4. The van der Waals surface area contributed by atoms with Gasteiger partial charge in [0.05, 0.1) is 5.69 Å². The second-order valence-electron chi connectivity index (χ2n) is 3.22. The highest BCUT2D eigenvalue weighted by Gasteiger charge is 2.05. The van der Waals surface area contributed by atoms with Crippen molar-refractivity contribution in [1.82, 2.24) is 9.55 Å². The van der Waals surface area contributed by atoms with Crippen molar-refractivity contribution in [2.24, 2.45) is 0 Å². The predicted octanol–water partition coefficient (Wildman–Crippen LogP) is 0.923. The minimum absolute atomic E-state index is 0.799. The molecule has 0 bridgehead atoms. The van der Waals surface area contributed by atoms with Gasteiger partial charge in [-0.05, 0) is 13.0 Å². The number of hydrogen-bond donors (Lipinski definition) is 1. The van der Waals surface area contributed by atoms with Gasteiger partial charge in [-0.25, -0.2) is 4.98 Å². The first kappa shape index (κ1) is 8.97. The largest absolute Gasteiger partial charge is 0.354 e. The number of nitrogens with zero attached hydrogens (tertiary/aromatic N) is 2. The van der Waals surface area contributed by atoms with Gasteiger partial charge < -0.3 is 10.3 Å². The lowest BCUT2D eigenvalue weighted by molar-refractivity contribution is -0.386. The molecule has 1 aromatic carbocycles. The van der Waals surface area contributed by atoms with Gasteiger partial charge >= 0.3 is 0 Å². The predicted molar refractivity (Wildman–Crippen MR) is 54.9 cm³/mol. The number of aryl methyl sites for hydroxylation is 1. The van der Waals surface area contributed by atoms with E-state index < -0.39 is 0 Å². The first-order valence-corrected chi connectivity index (χ1v) is 4.70. The molecule has 0 amide bonds. The van der Waals surface area contributed by atoms with Crippen LogP contribution in [0.2, 0.25) is 0 Å². The van der Waals surface area contributed by atoms with Crippen molar-refractivity contribution < 1.29 is 5.73 Å². The van der Waals surface area contributed by atoms with Crippen molar-refractivity contribution in [2.45, 2.75) is 13.5 Å². The van der Waals surface area contributed by atoms with Crippen LogP contribution in [-0.4, -0.2) is 9.55 Å². The molecule has 1 aromatic heterocycles. The zero-order valence-corrected chi connectivity index (χ0v) is 8.27. The van der Waals surface area contributed by atoms with Gasteiger partial charge in [0.25, 0.3) is 0 Å². The van der Waals surface area contributed by atoms with E-state index in [0.717, 1.165) is 12.4 Å². The molecule has 3 heteroatoms. The van der Waals surface area contributed by atoms with E-state index in [9.17, 15) is 0 Å². The van der Waals surface area contributed by atoms with E-state index in [4.69, 9.17) is 0 Å². The van der Waals surface area contributed by atoms with Crippen molar-refractivity contribution >= 4 is 0 Å². The second kappa shape index (κ2) is 3.64. The van der Waals surface area contributed by atoms with Crippen molar-refractivity contribution in [3.05, 3.63) is 48.0 Å². The standard InChI is InChI=1S/C11H13N3/c1-9-13-6-7-14(9)11-5-3-2-4-10(11)8-12/h2-7H,8,12H2,1H3/p+1. The highest BCUT2D eigenvalue weighted by atomic mass is 15.1. The molecule has 2 aromatic rings. The highest BCUT2D eigenvalue weighted by Crippen LogP contribution is 2.14. The first-order valence-electron chi connectivity index (χ1n) is 4.70. The number of para-hydroxylation sites is 1. The lowest BCUT2D eigenvalue weighted by Crippen LogP contribution is -2.47. The SMILES string of the molecule is Cc1nccn1-c1ccccc1C[NH3+]. The summed E-state index contributed by atoms with van der Waals surface area (Å²) in [6.07, 6.45) is 3.79. The van der Waals surface area contributed by atoms with E-state index in [2.05, 4.69) is 27.4 Å². The van der Waals surface area contributed by atoms with Crippen LogP contribution < -0.4 is 5.73 Å². The molecule has 2 rings (SSSR count). The molecule has 3 N–H and O–H groups in total. The molecule has 0 aliphatic carbocycles. The Balaban J connectivity index is 2.56. The van der Waals surface area contributed by atoms with Crippen LogP contribution in [0.5, 0.6) is 0 Å². The van der Waals surface area contributed by atoms with Gasteiger partial charge in [0.1, 0.15) is 12.4 Å². The Morgan fingerprint density at radius 2 is 2.14 bits per heavy atom. The number of benzene rings is 1. The highest BCUT2D eigenvalue weighted by molar-refractivity contribution is 5.41. The third kappa shape index (κ3) is 1.42. The maximum Gasteiger partial charge on any atom is 0.110 e. The zero-order valence-electron chi connectivity index (χ0n) is 8.27. The first-order chi connectivity index (χ1) is 6.83. The molecule has 0 atom stereocenters. The topological polar surface area (TPSA) is 45.5 Å². The molecule has 0 unspecified atom stereocenters. The molecule has 0 spiro atoms. The monoisotopic (exact) mass is 188 g/mol. The van der Waals surface area contributed by atoms with Crippen LogP contribution in [0.25, 0.3) is 5.69 Å². The van der Waals surface area contributed by atoms with E-state index in [1.54, 1.807) is 0 Å². The van der Waals surface area contributed by atoms with E-state index in [1.807, 2.05) is 31.5 Å². The molecule has 0 saturated carbocycles. The lowest BCUT2D eigenvalue weighted by atomic mass is 10.2. The number of aromatic nitrogens is 2. The fourth-order valence-electron chi connectivity index (χ4n) is 1.59. The number of imidazole rings is 1. The van der Waals surface area contributed by atoms with Gasteiger partial charge in [0.15, 0.2) is 0 Å². The van der Waals surface area contributed by atoms with E-state index in [1.165, 1.54) is 11.3 Å². The average Bonchev–Trinajstić information content (AvgIpc) is 2.64. The molecule has 0 saturated heterocycles. The average molecular weight is 188 g/mol. The summed E-state index contributed by atoms with van der Waals surface area (Å²) in [7, 11) is 0. The summed E-state index contributed by atoms with van der Waals surface area (Å²) in [5, 5.41) is 0. The van der Waals surface area contributed by atoms with Crippen molar-refractivity contribution in [2.75, 3.05) is 0 Å². The molecule has 72 valence electrons. The maximum absolute atomic E-state index is 4.21. The van der Waals surface area contributed by atoms with Crippen molar-refractivity contribution in [1.29, 1.82) is 0 Å². The summed E-state index contributed by atoms with van der Waals surface area (Å²) >= 11 is 0. The maximum atomic E-state index is 4.21. The summed E-state index contributed by atoms with van der Waals surface area (Å²) in [6, 6.07) is 8.27. The molecule has 0 aliphatic heterocycles. The minimum atomic E-state index is 0.799. The summed E-state index contributed by atoms with van der Waals surface area (Å²) in [6.45, 7) is 2.80. The third-order valence-electron chi connectivity index (χ3n) is 2.35. The van der Waals surface area contributed by atoms with Gasteiger partial charge in [-0.1, -0.05) is 18.2 Å².